The van der Waals surface area contributed by atoms with Crippen LogP contribution in [0.4, 0.5) is 0 Å². The number of morpholine rings is 1. The van der Waals surface area contributed by atoms with Crippen LogP contribution in [0, 0.1) is 11.8 Å². The van der Waals surface area contributed by atoms with Gasteiger partial charge in [0.2, 0.25) is 11.8 Å². The Morgan fingerprint density at radius 1 is 1.00 bits per heavy atom. The molecule has 0 N–H and O–H groups in total. The second-order valence-corrected chi connectivity index (χ2v) is 5.82. The van der Waals surface area contributed by atoms with E-state index in [0.29, 0.717) is 19.9 Å². The second kappa shape index (κ2) is 4.26. The van der Waals surface area contributed by atoms with Crippen molar-refractivity contribution >= 4 is 11.8 Å². The quantitative estimate of drug-likeness (QED) is 0.627. The molecule has 0 aromatic carbocycles. The number of amides is 2. The third kappa shape index (κ3) is 1.67. The Morgan fingerprint density at radius 3 is 2.16 bits per heavy atom. The monoisotopic (exact) mass is 266 g/mol. The lowest BCUT2D eigenvalue weighted by molar-refractivity contribution is -0.146. The van der Waals surface area contributed by atoms with Crippen LogP contribution in [0.1, 0.15) is 12.8 Å². The van der Waals surface area contributed by atoms with E-state index in [1.165, 1.54) is 4.90 Å². The van der Waals surface area contributed by atoms with Gasteiger partial charge in [-0.15, -0.1) is 0 Å². The van der Waals surface area contributed by atoms with Gasteiger partial charge in [-0.05, 0) is 12.8 Å². The first-order chi connectivity index (χ1) is 9.25. The summed E-state index contributed by atoms with van der Waals surface area (Å²) >= 11 is 0. The van der Waals surface area contributed by atoms with Gasteiger partial charge in [0.05, 0.1) is 43.9 Å². The van der Waals surface area contributed by atoms with Crippen molar-refractivity contribution < 1.29 is 19.1 Å². The molecule has 0 spiro atoms. The van der Waals surface area contributed by atoms with E-state index in [2.05, 4.69) is 4.90 Å². The molecule has 0 aromatic heterocycles. The molecule has 6 nitrogen and oxygen atoms in total. The van der Waals surface area contributed by atoms with E-state index >= 15 is 0 Å². The van der Waals surface area contributed by atoms with E-state index in [-0.39, 0.29) is 35.9 Å². The average Bonchev–Trinajstić information content (AvgIpc) is 3.10. The van der Waals surface area contributed by atoms with Crippen LogP contribution in [0.2, 0.25) is 0 Å². The molecule has 0 aromatic rings. The molecule has 4 aliphatic heterocycles. The van der Waals surface area contributed by atoms with Gasteiger partial charge in [-0.3, -0.25) is 19.4 Å². The van der Waals surface area contributed by atoms with Crippen LogP contribution in [0.25, 0.3) is 0 Å². The van der Waals surface area contributed by atoms with Gasteiger partial charge in [0.25, 0.3) is 0 Å². The van der Waals surface area contributed by atoms with Crippen molar-refractivity contribution in [1.82, 2.24) is 9.80 Å². The molecule has 0 aliphatic carbocycles. The number of carbonyl (C=O) groups is 2. The lowest BCUT2D eigenvalue weighted by Gasteiger charge is -2.30. The van der Waals surface area contributed by atoms with Crippen LogP contribution in [-0.2, 0) is 19.1 Å². The highest BCUT2D eigenvalue weighted by molar-refractivity contribution is 6.06. The smallest absolute Gasteiger partial charge is 0.236 e. The van der Waals surface area contributed by atoms with E-state index in [1.54, 1.807) is 0 Å². The molecule has 0 radical (unpaired) electrons. The highest BCUT2D eigenvalue weighted by atomic mass is 16.5. The van der Waals surface area contributed by atoms with Crippen LogP contribution in [0.5, 0.6) is 0 Å². The normalized spacial score (nSPS) is 42.2. The molecule has 4 heterocycles. The number of hydrogen-bond acceptors (Lipinski definition) is 5. The molecule has 104 valence electrons. The minimum Gasteiger partial charge on any atom is -0.379 e. The fourth-order valence-electron chi connectivity index (χ4n) is 3.86. The fourth-order valence-corrected chi connectivity index (χ4v) is 3.86. The summed E-state index contributed by atoms with van der Waals surface area (Å²) in [6, 6.07) is 0. The minimum absolute atomic E-state index is 0.0128. The first kappa shape index (κ1) is 11.8. The zero-order valence-electron chi connectivity index (χ0n) is 10.8. The van der Waals surface area contributed by atoms with Crippen molar-refractivity contribution in [2.45, 2.75) is 25.0 Å². The zero-order valence-corrected chi connectivity index (χ0v) is 10.8. The van der Waals surface area contributed by atoms with Gasteiger partial charge >= 0.3 is 0 Å². The van der Waals surface area contributed by atoms with Gasteiger partial charge in [-0.1, -0.05) is 0 Å². The molecule has 2 amide bonds. The number of nitrogens with zero attached hydrogens (tertiary/aromatic N) is 2. The van der Waals surface area contributed by atoms with E-state index in [9.17, 15) is 9.59 Å². The van der Waals surface area contributed by atoms with Crippen LogP contribution in [-0.4, -0.2) is 66.8 Å². The van der Waals surface area contributed by atoms with Gasteiger partial charge in [-0.2, -0.15) is 0 Å². The number of imide groups is 1. The standard InChI is InChI=1S/C13H18N2O4/c16-12-10-8-1-2-9(19-8)11(10)13(17)15(12)7-14-3-5-18-6-4-14/h8-11H,1-7H2/t8?,9?,10-,11?/m1/s1. The van der Waals surface area contributed by atoms with Crippen molar-refractivity contribution in [3.8, 4) is 0 Å². The largest absolute Gasteiger partial charge is 0.379 e. The van der Waals surface area contributed by atoms with Crippen molar-refractivity contribution in [1.29, 1.82) is 0 Å². The number of likely N-dealkylation sites (tertiary alicyclic amines) is 1. The number of fused-ring (bicyclic) bond motifs is 5. The maximum absolute atomic E-state index is 12.4. The molecule has 6 heteroatoms. The molecule has 19 heavy (non-hydrogen) atoms. The Morgan fingerprint density at radius 2 is 1.58 bits per heavy atom. The Balaban J connectivity index is 1.51. The molecule has 3 unspecified atom stereocenters. The molecule has 4 fully saturated rings. The summed E-state index contributed by atoms with van der Waals surface area (Å²) in [5.41, 5.74) is 0. The van der Waals surface area contributed by atoms with Gasteiger partial charge in [-0.25, -0.2) is 0 Å². The maximum atomic E-state index is 12.4. The number of carbonyl (C=O) groups excluding carboxylic acids is 2. The molecular formula is C13H18N2O4. The van der Waals surface area contributed by atoms with Crippen LogP contribution in [0.3, 0.4) is 0 Å². The van der Waals surface area contributed by atoms with E-state index in [0.717, 1.165) is 25.9 Å². The topological polar surface area (TPSA) is 59.1 Å². The van der Waals surface area contributed by atoms with Gasteiger partial charge in [0.15, 0.2) is 0 Å². The minimum atomic E-state index is -0.202. The van der Waals surface area contributed by atoms with E-state index in [4.69, 9.17) is 9.47 Å². The third-order valence-electron chi connectivity index (χ3n) is 4.82. The molecular weight excluding hydrogens is 248 g/mol. The van der Waals surface area contributed by atoms with E-state index < -0.39 is 0 Å². The Hall–Kier alpha value is -0.980. The van der Waals surface area contributed by atoms with Gasteiger partial charge < -0.3 is 9.47 Å². The summed E-state index contributed by atoms with van der Waals surface area (Å²) in [5.74, 6) is -0.443. The molecule has 4 rings (SSSR count). The number of rotatable bonds is 2. The van der Waals surface area contributed by atoms with Crippen molar-refractivity contribution in [3.63, 3.8) is 0 Å². The predicted octanol–water partition coefficient (Wildman–Crippen LogP) is -0.561. The van der Waals surface area contributed by atoms with Crippen LogP contribution < -0.4 is 0 Å². The van der Waals surface area contributed by atoms with Gasteiger partial charge in [0.1, 0.15) is 0 Å². The Labute approximate surface area is 111 Å². The molecule has 0 saturated carbocycles. The first-order valence-corrected chi connectivity index (χ1v) is 7.06. The highest BCUT2D eigenvalue weighted by Crippen LogP contribution is 2.48. The lowest BCUT2D eigenvalue weighted by Crippen LogP contribution is -2.47. The van der Waals surface area contributed by atoms with Crippen molar-refractivity contribution in [2.75, 3.05) is 33.0 Å². The summed E-state index contributed by atoms with van der Waals surface area (Å²) in [7, 11) is 0. The average molecular weight is 266 g/mol. The highest BCUT2D eigenvalue weighted by Gasteiger charge is 2.62. The lowest BCUT2D eigenvalue weighted by atomic mass is 9.81. The number of hydrogen-bond donors (Lipinski definition) is 0. The zero-order chi connectivity index (χ0) is 13.0. The van der Waals surface area contributed by atoms with Crippen molar-refractivity contribution in [2.24, 2.45) is 11.8 Å². The Kier molecular flexibility index (Phi) is 2.65. The fraction of sp³-hybridized carbons (Fsp3) is 0.846. The molecule has 4 saturated heterocycles. The first-order valence-electron chi connectivity index (χ1n) is 7.06. The SMILES string of the molecule is O=C1C2C3CCC(O3)[C@H]2C(=O)N1CN1CCOCC1. The number of ether oxygens (including phenoxy) is 2. The molecule has 4 atom stereocenters. The summed E-state index contributed by atoms with van der Waals surface area (Å²) in [6.07, 6.45) is 1.83. The van der Waals surface area contributed by atoms with Crippen LogP contribution in [0.15, 0.2) is 0 Å². The summed E-state index contributed by atoms with van der Waals surface area (Å²) in [5, 5.41) is 0. The van der Waals surface area contributed by atoms with E-state index in [1.807, 2.05) is 0 Å². The maximum Gasteiger partial charge on any atom is 0.236 e. The second-order valence-electron chi connectivity index (χ2n) is 5.82. The van der Waals surface area contributed by atoms with Crippen LogP contribution >= 0.6 is 0 Å². The van der Waals surface area contributed by atoms with Crippen molar-refractivity contribution in [3.05, 3.63) is 0 Å². The summed E-state index contributed by atoms with van der Waals surface area (Å²) < 4.78 is 11.0. The predicted molar refractivity (Wildman–Crippen MR) is 64.0 cm³/mol. The summed E-state index contributed by atoms with van der Waals surface area (Å²) in [6.45, 7) is 3.36. The molecule has 2 bridgehead atoms. The Bertz CT molecular complexity index is 393. The molecule has 4 aliphatic rings. The summed E-state index contributed by atoms with van der Waals surface area (Å²) in [4.78, 5) is 28.4. The van der Waals surface area contributed by atoms with Gasteiger partial charge in [0, 0.05) is 13.1 Å². The third-order valence-corrected chi connectivity index (χ3v) is 4.82.